The number of methoxy groups -OCH3 is 1. The van der Waals surface area contributed by atoms with Crippen LogP contribution in [0.1, 0.15) is 58.3 Å². The third-order valence-electron chi connectivity index (χ3n) is 3.13. The number of ether oxygens (including phenoxy) is 3. The first kappa shape index (κ1) is 19.6. The summed E-state index contributed by atoms with van der Waals surface area (Å²) in [6, 6.07) is 0. The minimum absolute atomic E-state index is 0.366. The molecule has 0 aliphatic rings. The van der Waals surface area contributed by atoms with Gasteiger partial charge in [0.05, 0.1) is 19.3 Å². The Bertz CT molecular complexity index is 167. The van der Waals surface area contributed by atoms with E-state index in [1.165, 1.54) is 44.9 Å². The van der Waals surface area contributed by atoms with Gasteiger partial charge in [-0.05, 0) is 12.8 Å². The van der Waals surface area contributed by atoms with Crippen LogP contribution in [0, 0.1) is 0 Å². The zero-order valence-corrected chi connectivity index (χ0v) is 14.8. The lowest BCUT2D eigenvalue weighted by molar-refractivity contribution is -0.0999. The second-order valence-corrected chi connectivity index (χ2v) is 5.92. The fraction of sp³-hybridized carbons (Fsp3) is 1.00. The van der Waals surface area contributed by atoms with Crippen LogP contribution in [0.3, 0.4) is 0 Å². The molecule has 0 aromatic carbocycles. The molecule has 3 nitrogen and oxygen atoms in total. The maximum Gasteiger partial charge on any atom is 0.147 e. The number of hydrogen-bond donors (Lipinski definition) is 0. The second kappa shape index (κ2) is 16.7. The van der Waals surface area contributed by atoms with Crippen LogP contribution >= 0.6 is 22.6 Å². The minimum atomic E-state index is 0.366. The monoisotopic (exact) mass is 386 g/mol. The standard InChI is InChI=1S/C15H31IO3/c1-3-4-5-6-7-8-9-15(10-11-16)19-14-18-13-12-17-2/h15H,3-14H2,1-2H3/t15-/m0/s1. The van der Waals surface area contributed by atoms with Crippen molar-refractivity contribution in [3.8, 4) is 0 Å². The molecule has 0 aromatic heterocycles. The topological polar surface area (TPSA) is 27.7 Å². The Morgan fingerprint density at radius 3 is 2.37 bits per heavy atom. The summed E-state index contributed by atoms with van der Waals surface area (Å²) in [6.45, 7) is 3.91. The Morgan fingerprint density at radius 2 is 1.68 bits per heavy atom. The van der Waals surface area contributed by atoms with Crippen molar-refractivity contribution in [3.63, 3.8) is 0 Å². The predicted molar refractivity (Wildman–Crippen MR) is 89.1 cm³/mol. The fourth-order valence-electron chi connectivity index (χ4n) is 1.93. The van der Waals surface area contributed by atoms with Gasteiger partial charge in [0.25, 0.3) is 0 Å². The van der Waals surface area contributed by atoms with Gasteiger partial charge in [-0.15, -0.1) is 0 Å². The average Bonchev–Trinajstić information content (AvgIpc) is 2.42. The maximum atomic E-state index is 5.77. The number of unbranched alkanes of at least 4 members (excludes halogenated alkanes) is 5. The second-order valence-electron chi connectivity index (χ2n) is 4.84. The summed E-state index contributed by atoms with van der Waals surface area (Å²) < 4.78 is 17.2. The average molecular weight is 386 g/mol. The van der Waals surface area contributed by atoms with E-state index in [9.17, 15) is 0 Å². The van der Waals surface area contributed by atoms with Crippen LogP contribution in [0.2, 0.25) is 0 Å². The van der Waals surface area contributed by atoms with Crippen molar-refractivity contribution in [2.45, 2.75) is 64.4 Å². The van der Waals surface area contributed by atoms with Crippen molar-refractivity contribution >= 4 is 22.6 Å². The van der Waals surface area contributed by atoms with Crippen LogP contribution in [0.4, 0.5) is 0 Å². The molecule has 0 aliphatic carbocycles. The summed E-state index contributed by atoms with van der Waals surface area (Å²) in [5.41, 5.74) is 0. The molecule has 0 fully saturated rings. The third kappa shape index (κ3) is 14.8. The van der Waals surface area contributed by atoms with Crippen LogP contribution in [0.15, 0.2) is 0 Å². The number of alkyl halides is 1. The Balaban J connectivity index is 3.45. The highest BCUT2D eigenvalue weighted by molar-refractivity contribution is 14.1. The van der Waals surface area contributed by atoms with Crippen molar-refractivity contribution in [2.75, 3.05) is 31.5 Å². The lowest BCUT2D eigenvalue weighted by Gasteiger charge is -2.17. The molecule has 0 aromatic rings. The molecule has 0 N–H and O–H groups in total. The summed E-state index contributed by atoms with van der Waals surface area (Å²) in [6.07, 6.45) is 10.7. The SMILES string of the molecule is CCCCCCCC[C@@H](CCI)OCOCCOC. The van der Waals surface area contributed by atoms with E-state index in [-0.39, 0.29) is 0 Å². The normalized spacial score (nSPS) is 12.8. The number of halogens is 1. The van der Waals surface area contributed by atoms with E-state index in [1.54, 1.807) is 7.11 Å². The Kier molecular flexibility index (Phi) is 17.2. The summed E-state index contributed by atoms with van der Waals surface area (Å²) >= 11 is 2.42. The van der Waals surface area contributed by atoms with Gasteiger partial charge in [-0.1, -0.05) is 68.0 Å². The molecule has 0 saturated carbocycles. The van der Waals surface area contributed by atoms with Crippen molar-refractivity contribution in [3.05, 3.63) is 0 Å². The van der Waals surface area contributed by atoms with Crippen molar-refractivity contribution < 1.29 is 14.2 Å². The van der Waals surface area contributed by atoms with Gasteiger partial charge in [0, 0.05) is 11.5 Å². The van der Waals surface area contributed by atoms with Gasteiger partial charge < -0.3 is 14.2 Å². The van der Waals surface area contributed by atoms with Gasteiger partial charge in [-0.3, -0.25) is 0 Å². The summed E-state index contributed by atoms with van der Waals surface area (Å²) in [5, 5.41) is 0. The van der Waals surface area contributed by atoms with E-state index in [2.05, 4.69) is 29.5 Å². The van der Waals surface area contributed by atoms with E-state index >= 15 is 0 Å². The van der Waals surface area contributed by atoms with E-state index < -0.39 is 0 Å². The highest BCUT2D eigenvalue weighted by atomic mass is 127. The molecule has 116 valence electrons. The molecule has 0 saturated heterocycles. The van der Waals surface area contributed by atoms with E-state index in [4.69, 9.17) is 14.2 Å². The highest BCUT2D eigenvalue weighted by Crippen LogP contribution is 2.13. The van der Waals surface area contributed by atoms with E-state index in [1.807, 2.05) is 0 Å². The van der Waals surface area contributed by atoms with Gasteiger partial charge in [-0.2, -0.15) is 0 Å². The highest BCUT2D eigenvalue weighted by Gasteiger charge is 2.08. The zero-order valence-electron chi connectivity index (χ0n) is 12.7. The van der Waals surface area contributed by atoms with Gasteiger partial charge in [0.15, 0.2) is 0 Å². The molecular weight excluding hydrogens is 355 g/mol. The Labute approximate surface area is 132 Å². The van der Waals surface area contributed by atoms with Gasteiger partial charge in [0.1, 0.15) is 6.79 Å². The molecule has 0 radical (unpaired) electrons. The molecule has 1 atom stereocenters. The molecule has 0 amide bonds. The molecule has 19 heavy (non-hydrogen) atoms. The smallest absolute Gasteiger partial charge is 0.147 e. The van der Waals surface area contributed by atoms with Gasteiger partial charge >= 0.3 is 0 Å². The molecule has 0 aliphatic heterocycles. The summed E-state index contributed by atoms with van der Waals surface area (Å²) in [7, 11) is 1.68. The van der Waals surface area contributed by atoms with Gasteiger partial charge in [-0.25, -0.2) is 0 Å². The van der Waals surface area contributed by atoms with Crippen molar-refractivity contribution in [1.82, 2.24) is 0 Å². The quantitative estimate of drug-likeness (QED) is 0.179. The number of hydrogen-bond acceptors (Lipinski definition) is 3. The van der Waals surface area contributed by atoms with Crippen molar-refractivity contribution in [2.24, 2.45) is 0 Å². The largest absolute Gasteiger partial charge is 0.382 e. The van der Waals surface area contributed by atoms with Gasteiger partial charge in [0.2, 0.25) is 0 Å². The molecule has 0 spiro atoms. The van der Waals surface area contributed by atoms with Crippen LogP contribution in [0.5, 0.6) is 0 Å². The molecule has 0 bridgehead atoms. The molecule has 4 heteroatoms. The summed E-state index contributed by atoms with van der Waals surface area (Å²) in [5.74, 6) is 0. The first-order valence-electron chi connectivity index (χ1n) is 7.59. The maximum absolute atomic E-state index is 5.77. The van der Waals surface area contributed by atoms with Crippen LogP contribution in [-0.4, -0.2) is 37.6 Å². The van der Waals surface area contributed by atoms with Crippen molar-refractivity contribution in [1.29, 1.82) is 0 Å². The lowest BCUT2D eigenvalue weighted by atomic mass is 10.1. The first-order chi connectivity index (χ1) is 9.35. The minimum Gasteiger partial charge on any atom is -0.382 e. The predicted octanol–water partition coefficient (Wildman–Crippen LogP) is 4.57. The van der Waals surface area contributed by atoms with Crippen LogP contribution in [0.25, 0.3) is 0 Å². The number of rotatable bonds is 15. The Hall–Kier alpha value is 0.610. The molecule has 0 rings (SSSR count). The fourth-order valence-corrected chi connectivity index (χ4v) is 2.63. The Morgan fingerprint density at radius 1 is 0.947 bits per heavy atom. The van der Waals surface area contributed by atoms with Crippen LogP contribution in [-0.2, 0) is 14.2 Å². The molecular formula is C15H31IO3. The van der Waals surface area contributed by atoms with E-state index in [0.29, 0.717) is 26.1 Å². The summed E-state index contributed by atoms with van der Waals surface area (Å²) in [4.78, 5) is 0. The molecule has 0 heterocycles. The lowest BCUT2D eigenvalue weighted by Crippen LogP contribution is -2.17. The molecule has 0 unspecified atom stereocenters. The van der Waals surface area contributed by atoms with Crippen LogP contribution < -0.4 is 0 Å². The first-order valence-corrected chi connectivity index (χ1v) is 9.12. The van der Waals surface area contributed by atoms with E-state index in [0.717, 1.165) is 10.8 Å². The third-order valence-corrected chi connectivity index (χ3v) is 3.75. The zero-order chi connectivity index (χ0) is 14.2.